The minimum absolute atomic E-state index is 0.255. The van der Waals surface area contributed by atoms with E-state index in [4.69, 9.17) is 4.74 Å². The van der Waals surface area contributed by atoms with E-state index in [1.165, 1.54) is 44.9 Å². The molecule has 1 heterocycles. The first-order valence-electron chi connectivity index (χ1n) is 7.55. The second-order valence-electron chi connectivity index (χ2n) is 6.27. The molecule has 2 fully saturated rings. The molecule has 1 N–H and O–H groups in total. The van der Waals surface area contributed by atoms with Crippen LogP contribution < -0.4 is 5.32 Å². The third kappa shape index (κ3) is 3.23. The summed E-state index contributed by atoms with van der Waals surface area (Å²) in [5, 5.41) is 3.84. The van der Waals surface area contributed by atoms with Crippen LogP contribution in [0.1, 0.15) is 65.7 Å². The molecule has 2 nitrogen and oxygen atoms in total. The van der Waals surface area contributed by atoms with E-state index in [1.54, 1.807) is 0 Å². The molecule has 1 aliphatic carbocycles. The molecule has 2 heteroatoms. The Labute approximate surface area is 107 Å². The lowest BCUT2D eigenvalue weighted by atomic mass is 9.88. The average molecular weight is 239 g/mol. The first-order chi connectivity index (χ1) is 8.15. The van der Waals surface area contributed by atoms with E-state index in [2.05, 4.69) is 26.1 Å². The zero-order valence-corrected chi connectivity index (χ0v) is 11.8. The highest BCUT2D eigenvalue weighted by Crippen LogP contribution is 2.40. The van der Waals surface area contributed by atoms with E-state index >= 15 is 0 Å². The van der Waals surface area contributed by atoms with Crippen molar-refractivity contribution in [1.82, 2.24) is 5.32 Å². The van der Waals surface area contributed by atoms with Crippen LogP contribution in [0.15, 0.2) is 0 Å². The fourth-order valence-corrected chi connectivity index (χ4v) is 3.43. The zero-order valence-electron chi connectivity index (χ0n) is 11.8. The summed E-state index contributed by atoms with van der Waals surface area (Å²) >= 11 is 0. The molecule has 17 heavy (non-hydrogen) atoms. The predicted octanol–water partition coefficient (Wildman–Crippen LogP) is 3.50. The molecule has 1 saturated carbocycles. The molecule has 1 aliphatic heterocycles. The molecule has 0 bridgehead atoms. The van der Waals surface area contributed by atoms with Crippen molar-refractivity contribution in [1.29, 1.82) is 0 Å². The Morgan fingerprint density at radius 2 is 2.00 bits per heavy atom. The van der Waals surface area contributed by atoms with Crippen LogP contribution in [0.4, 0.5) is 0 Å². The van der Waals surface area contributed by atoms with Gasteiger partial charge in [0.1, 0.15) is 0 Å². The van der Waals surface area contributed by atoms with Gasteiger partial charge in [0.15, 0.2) is 0 Å². The van der Waals surface area contributed by atoms with Crippen LogP contribution in [-0.2, 0) is 4.74 Å². The molecule has 100 valence electrons. The normalized spacial score (nSPS) is 31.6. The number of ether oxygens (including phenoxy) is 1. The van der Waals surface area contributed by atoms with E-state index in [9.17, 15) is 0 Å². The smallest absolute Gasteiger partial charge is 0.0697 e. The Morgan fingerprint density at radius 3 is 2.65 bits per heavy atom. The number of nitrogens with one attached hydrogen (secondary N) is 1. The van der Waals surface area contributed by atoms with E-state index in [0.717, 1.165) is 12.5 Å². The molecule has 1 saturated heterocycles. The highest BCUT2D eigenvalue weighted by Gasteiger charge is 2.40. The summed E-state index contributed by atoms with van der Waals surface area (Å²) in [6.07, 6.45) is 9.03. The standard InChI is InChI=1S/C15H29NO/c1-4-12(2)13(3)16-14-7-10-17-15(11-14)8-5-6-9-15/h12-14,16H,4-11H2,1-3H3. The monoisotopic (exact) mass is 239 g/mol. The Bertz CT molecular complexity index is 235. The summed E-state index contributed by atoms with van der Waals surface area (Å²) in [4.78, 5) is 0. The van der Waals surface area contributed by atoms with Crippen molar-refractivity contribution in [3.8, 4) is 0 Å². The van der Waals surface area contributed by atoms with Crippen molar-refractivity contribution in [2.45, 2.75) is 83.4 Å². The van der Waals surface area contributed by atoms with E-state index in [1.807, 2.05) is 0 Å². The van der Waals surface area contributed by atoms with Crippen LogP contribution >= 0.6 is 0 Å². The van der Waals surface area contributed by atoms with Gasteiger partial charge in [0.05, 0.1) is 5.60 Å². The highest BCUT2D eigenvalue weighted by molar-refractivity contribution is 4.94. The van der Waals surface area contributed by atoms with Crippen molar-refractivity contribution in [3.05, 3.63) is 0 Å². The average Bonchev–Trinajstić information content (AvgIpc) is 2.76. The summed E-state index contributed by atoms with van der Waals surface area (Å²) in [6, 6.07) is 1.33. The number of rotatable bonds is 4. The molecule has 2 rings (SSSR count). The van der Waals surface area contributed by atoms with Crippen LogP contribution in [0.5, 0.6) is 0 Å². The predicted molar refractivity (Wildman–Crippen MR) is 72.2 cm³/mol. The molecule has 2 aliphatic rings. The van der Waals surface area contributed by atoms with Gasteiger partial charge in [0, 0.05) is 18.7 Å². The van der Waals surface area contributed by atoms with Crippen LogP contribution in [-0.4, -0.2) is 24.3 Å². The van der Waals surface area contributed by atoms with Crippen LogP contribution in [0.25, 0.3) is 0 Å². The minimum atomic E-state index is 0.255. The SMILES string of the molecule is CCC(C)C(C)NC1CCOC2(CCCC2)C1. The third-order valence-electron chi connectivity index (χ3n) is 5.00. The van der Waals surface area contributed by atoms with Crippen LogP contribution in [0.3, 0.4) is 0 Å². The molecule has 0 amide bonds. The Hall–Kier alpha value is -0.0800. The number of hydrogen-bond donors (Lipinski definition) is 1. The molecule has 3 atom stereocenters. The molecule has 0 aromatic heterocycles. The van der Waals surface area contributed by atoms with Gasteiger partial charge in [0.25, 0.3) is 0 Å². The maximum Gasteiger partial charge on any atom is 0.0697 e. The van der Waals surface area contributed by atoms with Crippen molar-refractivity contribution >= 4 is 0 Å². The molecule has 0 aromatic carbocycles. The summed E-state index contributed by atoms with van der Waals surface area (Å²) in [6.45, 7) is 7.93. The lowest BCUT2D eigenvalue weighted by Crippen LogP contribution is -2.49. The Balaban J connectivity index is 1.85. The Kier molecular flexibility index (Phi) is 4.48. The van der Waals surface area contributed by atoms with Gasteiger partial charge in [-0.25, -0.2) is 0 Å². The molecule has 3 unspecified atom stereocenters. The van der Waals surface area contributed by atoms with Gasteiger partial charge >= 0.3 is 0 Å². The zero-order chi connectivity index (χ0) is 12.3. The van der Waals surface area contributed by atoms with Gasteiger partial charge in [0.2, 0.25) is 0 Å². The maximum absolute atomic E-state index is 6.09. The summed E-state index contributed by atoms with van der Waals surface area (Å²) < 4.78 is 6.09. The van der Waals surface area contributed by atoms with Gasteiger partial charge in [-0.1, -0.05) is 33.1 Å². The van der Waals surface area contributed by atoms with Gasteiger partial charge < -0.3 is 10.1 Å². The third-order valence-corrected chi connectivity index (χ3v) is 5.00. The van der Waals surface area contributed by atoms with Gasteiger partial charge in [-0.05, 0) is 38.5 Å². The van der Waals surface area contributed by atoms with Crippen molar-refractivity contribution in [2.24, 2.45) is 5.92 Å². The second kappa shape index (κ2) is 5.71. The van der Waals surface area contributed by atoms with Gasteiger partial charge in [-0.15, -0.1) is 0 Å². The van der Waals surface area contributed by atoms with Crippen molar-refractivity contribution in [3.63, 3.8) is 0 Å². The van der Waals surface area contributed by atoms with Crippen molar-refractivity contribution in [2.75, 3.05) is 6.61 Å². The van der Waals surface area contributed by atoms with Gasteiger partial charge in [-0.2, -0.15) is 0 Å². The van der Waals surface area contributed by atoms with E-state index < -0.39 is 0 Å². The summed E-state index contributed by atoms with van der Waals surface area (Å²) in [5.74, 6) is 0.775. The largest absolute Gasteiger partial charge is 0.375 e. The van der Waals surface area contributed by atoms with Crippen LogP contribution in [0, 0.1) is 5.92 Å². The lowest BCUT2D eigenvalue weighted by Gasteiger charge is -2.40. The van der Waals surface area contributed by atoms with Gasteiger partial charge in [-0.3, -0.25) is 0 Å². The maximum atomic E-state index is 6.09. The topological polar surface area (TPSA) is 21.3 Å². The first-order valence-corrected chi connectivity index (χ1v) is 7.55. The highest BCUT2D eigenvalue weighted by atomic mass is 16.5. The summed E-state index contributed by atoms with van der Waals surface area (Å²) in [7, 11) is 0. The molecule has 1 spiro atoms. The summed E-state index contributed by atoms with van der Waals surface area (Å²) in [5.41, 5.74) is 0.255. The fraction of sp³-hybridized carbons (Fsp3) is 1.00. The molecule has 0 aromatic rings. The van der Waals surface area contributed by atoms with E-state index in [0.29, 0.717) is 12.1 Å². The molecular formula is C15H29NO. The quantitative estimate of drug-likeness (QED) is 0.810. The lowest BCUT2D eigenvalue weighted by molar-refractivity contribution is -0.0851. The van der Waals surface area contributed by atoms with Crippen molar-refractivity contribution < 1.29 is 4.74 Å². The fourth-order valence-electron chi connectivity index (χ4n) is 3.43. The van der Waals surface area contributed by atoms with E-state index in [-0.39, 0.29) is 5.60 Å². The van der Waals surface area contributed by atoms with Crippen LogP contribution in [0.2, 0.25) is 0 Å². The second-order valence-corrected chi connectivity index (χ2v) is 6.27. The first kappa shape index (κ1) is 13.4. The number of hydrogen-bond acceptors (Lipinski definition) is 2. The Morgan fingerprint density at radius 1 is 1.29 bits per heavy atom. The molecular weight excluding hydrogens is 210 g/mol. The molecule has 0 radical (unpaired) electrons. The minimum Gasteiger partial charge on any atom is -0.375 e.